The van der Waals surface area contributed by atoms with Gasteiger partial charge in [-0.1, -0.05) is 0 Å². The normalized spacial score (nSPS) is 27.9. The first-order chi connectivity index (χ1) is 6.15. The summed E-state index contributed by atoms with van der Waals surface area (Å²) in [5, 5.41) is 11.9. The number of nitrogens with one attached hydrogen (secondary N) is 1. The number of likely N-dealkylation sites (tertiary alicyclic amines) is 1. The summed E-state index contributed by atoms with van der Waals surface area (Å²) in [5.74, 6) is 0. The number of amides is 1. The first kappa shape index (κ1) is 9.60. The van der Waals surface area contributed by atoms with E-state index in [1.807, 2.05) is 0 Å². The lowest BCUT2D eigenvalue weighted by molar-refractivity contribution is 0.0962. The van der Waals surface area contributed by atoms with Crippen LogP contribution in [-0.4, -0.2) is 41.4 Å². The summed E-state index contributed by atoms with van der Waals surface area (Å²) in [6, 6.07) is -0.659. The smallest absolute Gasteiger partial charge is 0.407 e. The van der Waals surface area contributed by atoms with Crippen molar-refractivity contribution in [2.24, 2.45) is 5.11 Å². The Morgan fingerprint density at radius 3 is 2.92 bits per heavy atom. The monoisotopic (exact) mass is 189 g/mol. The van der Waals surface area contributed by atoms with Gasteiger partial charge in [0, 0.05) is 6.54 Å². The molecule has 0 spiro atoms. The summed E-state index contributed by atoms with van der Waals surface area (Å²) in [6.45, 7) is 0.0679. The zero-order valence-corrected chi connectivity index (χ0v) is 6.85. The summed E-state index contributed by atoms with van der Waals surface area (Å²) in [4.78, 5) is 14.2. The van der Waals surface area contributed by atoms with Crippen LogP contribution in [0.5, 0.6) is 0 Å². The Balaban J connectivity index is 2.56. The number of piperidine rings is 1. The fraction of sp³-hybridized carbons (Fsp3) is 0.833. The van der Waals surface area contributed by atoms with E-state index in [-0.39, 0.29) is 19.5 Å². The molecule has 1 aliphatic heterocycles. The van der Waals surface area contributed by atoms with Crippen LogP contribution in [-0.2, 0) is 0 Å². The van der Waals surface area contributed by atoms with Gasteiger partial charge in [0.15, 0.2) is 6.04 Å². The molecule has 0 aromatic carbocycles. The number of halogens is 1. The lowest BCUT2D eigenvalue weighted by Crippen LogP contribution is -2.46. The number of carboxylic acid groups (broad SMARTS) is 1. The van der Waals surface area contributed by atoms with Crippen LogP contribution in [0.15, 0.2) is 5.11 Å². The van der Waals surface area contributed by atoms with Crippen molar-refractivity contribution in [1.82, 2.24) is 9.81 Å². The van der Waals surface area contributed by atoms with Crippen molar-refractivity contribution in [2.45, 2.75) is 18.6 Å². The highest BCUT2D eigenvalue weighted by Crippen LogP contribution is 2.16. The van der Waals surface area contributed by atoms with Gasteiger partial charge in [-0.05, 0) is 6.42 Å². The van der Waals surface area contributed by atoms with Gasteiger partial charge >= 0.3 is 6.09 Å². The molecule has 1 heterocycles. The number of rotatable bonds is 1. The van der Waals surface area contributed by atoms with Gasteiger partial charge < -0.3 is 10.0 Å². The van der Waals surface area contributed by atoms with Crippen molar-refractivity contribution in [3.8, 4) is 0 Å². The second kappa shape index (κ2) is 3.95. The number of alkyl halides is 1. The molecule has 13 heavy (non-hydrogen) atoms. The highest BCUT2D eigenvalue weighted by Gasteiger charge is 2.34. The van der Waals surface area contributed by atoms with E-state index in [0.717, 1.165) is 4.90 Å². The molecular formula is C6H10FN4O2+. The Bertz CT molecular complexity index is 253. The molecular weight excluding hydrogens is 179 g/mol. The number of hydrogen-bond acceptors (Lipinski definition) is 3. The second-order valence-corrected chi connectivity index (χ2v) is 2.82. The maximum absolute atomic E-state index is 13.1. The minimum absolute atomic E-state index is 0.182. The summed E-state index contributed by atoms with van der Waals surface area (Å²) < 4.78 is 13.1. The zero-order valence-electron chi connectivity index (χ0n) is 6.85. The van der Waals surface area contributed by atoms with Crippen LogP contribution < -0.4 is 4.91 Å². The Morgan fingerprint density at radius 1 is 1.77 bits per heavy atom. The first-order valence-corrected chi connectivity index (χ1v) is 3.83. The van der Waals surface area contributed by atoms with Crippen molar-refractivity contribution < 1.29 is 14.3 Å². The minimum atomic E-state index is -1.35. The van der Waals surface area contributed by atoms with Crippen molar-refractivity contribution in [1.29, 1.82) is 5.53 Å². The summed E-state index contributed by atoms with van der Waals surface area (Å²) in [5.41, 5.74) is 6.43. The van der Waals surface area contributed by atoms with E-state index in [2.05, 4.69) is 10.0 Å². The molecule has 0 aromatic heterocycles. The van der Waals surface area contributed by atoms with E-state index in [0.29, 0.717) is 0 Å². The molecule has 1 amide bonds. The van der Waals surface area contributed by atoms with Gasteiger partial charge in [0.2, 0.25) is 4.91 Å². The van der Waals surface area contributed by atoms with Crippen LogP contribution in [0.25, 0.3) is 0 Å². The molecule has 2 N–H and O–H groups in total. The molecule has 6 nitrogen and oxygen atoms in total. The number of hydrogen-bond donors (Lipinski definition) is 2. The van der Waals surface area contributed by atoms with Crippen molar-refractivity contribution in [3.63, 3.8) is 0 Å². The van der Waals surface area contributed by atoms with Crippen molar-refractivity contribution >= 4 is 6.09 Å². The Hall–Kier alpha value is -1.49. The predicted molar refractivity (Wildman–Crippen MR) is 40.2 cm³/mol. The molecule has 0 saturated carbocycles. The summed E-state index contributed by atoms with van der Waals surface area (Å²) in [7, 11) is 0. The highest BCUT2D eigenvalue weighted by molar-refractivity contribution is 5.65. The van der Waals surface area contributed by atoms with Crippen LogP contribution in [0.4, 0.5) is 9.18 Å². The second-order valence-electron chi connectivity index (χ2n) is 2.82. The lowest BCUT2D eigenvalue weighted by Gasteiger charge is -2.27. The standard InChI is InChI=1S/C6H9FN4O2/c7-4-3-11(6(12)13)2-1-5(4)9-10-8/h4-5,8H,1-3H2/p+1/t4-,5-/m0/s1. The van der Waals surface area contributed by atoms with E-state index in [9.17, 15) is 9.18 Å². The van der Waals surface area contributed by atoms with Gasteiger partial charge in [-0.3, -0.25) is 0 Å². The largest absolute Gasteiger partial charge is 0.465 e. The van der Waals surface area contributed by atoms with Gasteiger partial charge in [0.1, 0.15) is 16.8 Å². The third kappa shape index (κ3) is 2.22. The van der Waals surface area contributed by atoms with E-state index < -0.39 is 18.3 Å². The van der Waals surface area contributed by atoms with E-state index in [1.165, 1.54) is 0 Å². The van der Waals surface area contributed by atoms with Crippen LogP contribution >= 0.6 is 0 Å². The van der Waals surface area contributed by atoms with Crippen LogP contribution in [0.1, 0.15) is 6.42 Å². The Labute approximate surface area is 73.6 Å². The molecule has 0 aromatic rings. The maximum atomic E-state index is 13.1. The molecule has 1 saturated heterocycles. The Kier molecular flexibility index (Phi) is 2.92. The number of carbonyl (C=O) groups is 1. The van der Waals surface area contributed by atoms with Gasteiger partial charge in [0.05, 0.1) is 6.54 Å². The molecule has 0 unspecified atom stereocenters. The molecule has 0 aliphatic carbocycles. The third-order valence-electron chi connectivity index (χ3n) is 1.98. The fourth-order valence-electron chi connectivity index (χ4n) is 1.27. The quantitative estimate of drug-likeness (QED) is 0.467. The SMILES string of the molecule is N=[N+]=N[C@H]1CCN(C(=O)O)C[C@@H]1F. The van der Waals surface area contributed by atoms with E-state index in [4.69, 9.17) is 10.6 Å². The molecule has 1 aliphatic rings. The van der Waals surface area contributed by atoms with Crippen LogP contribution in [0.2, 0.25) is 0 Å². The molecule has 0 bridgehead atoms. The van der Waals surface area contributed by atoms with Gasteiger partial charge in [0.25, 0.3) is 0 Å². The summed E-state index contributed by atoms with van der Waals surface area (Å²) in [6.07, 6.45) is -2.18. The average molecular weight is 189 g/mol. The fourth-order valence-corrected chi connectivity index (χ4v) is 1.27. The molecule has 7 heteroatoms. The van der Waals surface area contributed by atoms with Crippen molar-refractivity contribution in [3.05, 3.63) is 0 Å². The molecule has 72 valence electrons. The predicted octanol–water partition coefficient (Wildman–Crippen LogP) is 0.627. The van der Waals surface area contributed by atoms with Gasteiger partial charge in [-0.25, -0.2) is 9.18 Å². The molecule has 1 fully saturated rings. The maximum Gasteiger partial charge on any atom is 0.407 e. The van der Waals surface area contributed by atoms with Crippen molar-refractivity contribution in [2.75, 3.05) is 13.1 Å². The van der Waals surface area contributed by atoms with Crippen LogP contribution in [0.3, 0.4) is 0 Å². The Morgan fingerprint density at radius 2 is 2.46 bits per heavy atom. The number of nitrogens with zero attached hydrogens (tertiary/aromatic N) is 3. The highest BCUT2D eigenvalue weighted by atomic mass is 19.1. The van der Waals surface area contributed by atoms with Gasteiger partial charge in [-0.15, -0.1) is 0 Å². The lowest BCUT2D eigenvalue weighted by atomic mass is 10.0. The molecule has 0 radical (unpaired) electrons. The summed E-state index contributed by atoms with van der Waals surface area (Å²) >= 11 is 0. The first-order valence-electron chi connectivity index (χ1n) is 3.83. The van der Waals surface area contributed by atoms with Gasteiger partial charge in [-0.2, -0.15) is 0 Å². The van der Waals surface area contributed by atoms with Crippen LogP contribution in [0, 0.1) is 5.53 Å². The average Bonchev–Trinajstić information content (AvgIpc) is 2.08. The van der Waals surface area contributed by atoms with E-state index in [1.54, 1.807) is 0 Å². The third-order valence-corrected chi connectivity index (χ3v) is 1.98. The van der Waals surface area contributed by atoms with E-state index >= 15 is 0 Å². The minimum Gasteiger partial charge on any atom is -0.465 e. The zero-order chi connectivity index (χ0) is 9.84. The molecule has 2 atom stereocenters. The molecule has 1 rings (SSSR count). The topological polar surface area (TPSA) is 90.9 Å².